The van der Waals surface area contributed by atoms with E-state index in [4.69, 9.17) is 0 Å². The van der Waals surface area contributed by atoms with Gasteiger partial charge < -0.3 is 5.32 Å². The van der Waals surface area contributed by atoms with Gasteiger partial charge in [0, 0.05) is 30.5 Å². The smallest absolute Gasteiger partial charge is 0.221 e. The van der Waals surface area contributed by atoms with Gasteiger partial charge in [0.05, 0.1) is 0 Å². The Hall–Kier alpha value is -0.760. The van der Waals surface area contributed by atoms with E-state index in [9.17, 15) is 4.79 Å². The van der Waals surface area contributed by atoms with Crippen LogP contribution in [-0.2, 0) is 11.8 Å². The van der Waals surface area contributed by atoms with Crippen molar-refractivity contribution in [2.75, 3.05) is 11.5 Å². The highest BCUT2D eigenvalue weighted by Gasteiger charge is 2.25. The number of tetrazole rings is 1. The molecule has 1 saturated carbocycles. The van der Waals surface area contributed by atoms with E-state index in [0.29, 0.717) is 18.2 Å². The van der Waals surface area contributed by atoms with Gasteiger partial charge in [-0.25, -0.2) is 4.68 Å². The lowest BCUT2D eigenvalue weighted by Crippen LogP contribution is -2.33. The number of amides is 1. The molecule has 6 nitrogen and oxygen atoms in total. The van der Waals surface area contributed by atoms with Crippen LogP contribution in [0, 0.1) is 0 Å². The summed E-state index contributed by atoms with van der Waals surface area (Å²) in [6.07, 6.45) is 3.97. The van der Waals surface area contributed by atoms with E-state index in [0.717, 1.165) is 29.0 Å². The number of nitrogens with zero attached hydrogens (tertiary/aromatic N) is 4. The Balaban J connectivity index is 1.62. The average Bonchev–Trinajstić information content (AvgIpc) is 3.00. The second-order valence-corrected chi connectivity index (χ2v) is 7.48. The molecule has 0 aliphatic heterocycles. The first kappa shape index (κ1) is 15.6. The van der Waals surface area contributed by atoms with Crippen molar-refractivity contribution in [3.63, 3.8) is 0 Å². The first-order valence-corrected chi connectivity index (χ1v) is 8.98. The zero-order valence-corrected chi connectivity index (χ0v) is 13.5. The highest BCUT2D eigenvalue weighted by molar-refractivity contribution is 7.99. The molecule has 1 amide bonds. The predicted octanol–water partition coefficient (Wildman–Crippen LogP) is 1.48. The highest BCUT2D eigenvalue weighted by Crippen LogP contribution is 2.29. The van der Waals surface area contributed by atoms with Crippen LogP contribution in [0.15, 0.2) is 5.16 Å². The maximum atomic E-state index is 11.9. The molecule has 0 radical (unpaired) electrons. The van der Waals surface area contributed by atoms with E-state index < -0.39 is 0 Å². The molecular weight excluding hydrogens is 294 g/mol. The van der Waals surface area contributed by atoms with Crippen LogP contribution in [0.2, 0.25) is 0 Å². The van der Waals surface area contributed by atoms with Crippen molar-refractivity contribution in [3.05, 3.63) is 0 Å². The number of aromatic nitrogens is 4. The average molecular weight is 315 g/mol. The van der Waals surface area contributed by atoms with Crippen LogP contribution in [0.4, 0.5) is 0 Å². The fourth-order valence-electron chi connectivity index (χ4n) is 2.34. The molecule has 112 valence electrons. The lowest BCUT2D eigenvalue weighted by atomic mass is 10.2. The fraction of sp³-hybridized carbons (Fsp3) is 0.833. The number of carbonyl (C=O) groups is 1. The topological polar surface area (TPSA) is 72.7 Å². The molecule has 0 aromatic carbocycles. The highest BCUT2D eigenvalue weighted by atomic mass is 32.2. The Bertz CT molecular complexity index is 439. The van der Waals surface area contributed by atoms with Crippen molar-refractivity contribution in [2.24, 2.45) is 7.05 Å². The van der Waals surface area contributed by atoms with Gasteiger partial charge in [-0.3, -0.25) is 4.79 Å². The first-order chi connectivity index (χ1) is 9.69. The summed E-state index contributed by atoms with van der Waals surface area (Å²) in [5.74, 6) is 2.01. The summed E-state index contributed by atoms with van der Waals surface area (Å²) < 4.78 is 1.62. The molecule has 1 aromatic rings. The molecule has 8 heteroatoms. The molecule has 1 fully saturated rings. The van der Waals surface area contributed by atoms with E-state index in [1.165, 1.54) is 18.2 Å². The molecule has 2 rings (SSSR count). The SMILES string of the molecule is CCSC1CCC(NC(=O)CCSc2nnnn2C)C1. The minimum absolute atomic E-state index is 0.139. The number of nitrogens with one attached hydrogen (secondary N) is 1. The second-order valence-electron chi connectivity index (χ2n) is 4.84. The molecule has 1 aromatic heterocycles. The molecule has 1 heterocycles. The lowest BCUT2D eigenvalue weighted by molar-refractivity contribution is -0.121. The van der Waals surface area contributed by atoms with Crippen molar-refractivity contribution in [1.82, 2.24) is 25.5 Å². The molecule has 1 aliphatic carbocycles. The number of aryl methyl sites for hydroxylation is 1. The Morgan fingerprint density at radius 2 is 2.35 bits per heavy atom. The minimum Gasteiger partial charge on any atom is -0.353 e. The first-order valence-electron chi connectivity index (χ1n) is 6.95. The number of hydrogen-bond acceptors (Lipinski definition) is 6. The molecule has 20 heavy (non-hydrogen) atoms. The van der Waals surface area contributed by atoms with Crippen LogP contribution in [-0.4, -0.2) is 48.9 Å². The van der Waals surface area contributed by atoms with Gasteiger partial charge in [-0.05, 0) is 35.4 Å². The minimum atomic E-state index is 0.139. The van der Waals surface area contributed by atoms with Gasteiger partial charge in [0.25, 0.3) is 0 Å². The largest absolute Gasteiger partial charge is 0.353 e. The van der Waals surface area contributed by atoms with Crippen LogP contribution in [0.5, 0.6) is 0 Å². The zero-order valence-electron chi connectivity index (χ0n) is 11.9. The third-order valence-electron chi connectivity index (χ3n) is 3.29. The summed E-state index contributed by atoms with van der Waals surface area (Å²) in [4.78, 5) is 11.9. The number of carbonyl (C=O) groups excluding carboxylic acids is 1. The monoisotopic (exact) mass is 315 g/mol. The van der Waals surface area contributed by atoms with E-state index >= 15 is 0 Å². The fourth-order valence-corrected chi connectivity index (χ4v) is 4.27. The number of thioether (sulfide) groups is 2. The summed E-state index contributed by atoms with van der Waals surface area (Å²) in [7, 11) is 1.80. The maximum absolute atomic E-state index is 11.9. The Morgan fingerprint density at radius 3 is 3.05 bits per heavy atom. The van der Waals surface area contributed by atoms with Crippen LogP contribution < -0.4 is 5.32 Å². The predicted molar refractivity (Wildman–Crippen MR) is 81.8 cm³/mol. The molecule has 1 aliphatic rings. The van der Waals surface area contributed by atoms with Crippen molar-refractivity contribution in [2.45, 2.75) is 49.1 Å². The van der Waals surface area contributed by atoms with Crippen molar-refractivity contribution >= 4 is 29.4 Å². The van der Waals surface area contributed by atoms with Crippen LogP contribution in [0.3, 0.4) is 0 Å². The Kier molecular flexibility index (Phi) is 6.15. The summed E-state index contributed by atoms with van der Waals surface area (Å²) in [6, 6.07) is 0.369. The molecule has 2 unspecified atom stereocenters. The molecule has 0 saturated heterocycles. The van der Waals surface area contributed by atoms with Crippen molar-refractivity contribution in [3.8, 4) is 0 Å². The van der Waals surface area contributed by atoms with E-state index in [1.807, 2.05) is 11.8 Å². The molecule has 1 N–H and O–H groups in total. The van der Waals surface area contributed by atoms with Crippen LogP contribution in [0.25, 0.3) is 0 Å². The number of rotatable bonds is 7. The Morgan fingerprint density at radius 1 is 1.50 bits per heavy atom. The third kappa shape index (κ3) is 4.66. The molecular formula is C12H21N5OS2. The third-order valence-corrected chi connectivity index (χ3v) is 5.54. The van der Waals surface area contributed by atoms with Crippen LogP contribution in [0.1, 0.15) is 32.6 Å². The summed E-state index contributed by atoms with van der Waals surface area (Å²) in [6.45, 7) is 2.19. The van der Waals surface area contributed by atoms with Gasteiger partial charge >= 0.3 is 0 Å². The summed E-state index contributed by atoms with van der Waals surface area (Å²) >= 11 is 3.52. The lowest BCUT2D eigenvalue weighted by Gasteiger charge is -2.12. The normalized spacial score (nSPS) is 22.1. The summed E-state index contributed by atoms with van der Waals surface area (Å²) in [5.41, 5.74) is 0. The maximum Gasteiger partial charge on any atom is 0.221 e. The molecule has 0 spiro atoms. The zero-order chi connectivity index (χ0) is 14.4. The second kappa shape index (κ2) is 7.87. The summed E-state index contributed by atoms with van der Waals surface area (Å²) in [5, 5.41) is 15.8. The standard InChI is InChI=1S/C12H21N5OS2/c1-3-19-10-5-4-9(8-10)13-11(18)6-7-20-12-14-15-16-17(12)2/h9-10H,3-8H2,1-2H3,(H,13,18). The van der Waals surface area contributed by atoms with E-state index in [1.54, 1.807) is 11.7 Å². The van der Waals surface area contributed by atoms with Crippen LogP contribution >= 0.6 is 23.5 Å². The van der Waals surface area contributed by atoms with Gasteiger partial charge in [-0.2, -0.15) is 11.8 Å². The number of hydrogen-bond donors (Lipinski definition) is 1. The van der Waals surface area contributed by atoms with E-state index in [-0.39, 0.29) is 5.91 Å². The molecule has 0 bridgehead atoms. The molecule has 2 atom stereocenters. The van der Waals surface area contributed by atoms with Gasteiger partial charge in [0.15, 0.2) is 0 Å². The van der Waals surface area contributed by atoms with Crippen molar-refractivity contribution in [1.29, 1.82) is 0 Å². The van der Waals surface area contributed by atoms with Gasteiger partial charge in [0.1, 0.15) is 0 Å². The van der Waals surface area contributed by atoms with Crippen molar-refractivity contribution < 1.29 is 4.79 Å². The van der Waals surface area contributed by atoms with E-state index in [2.05, 4.69) is 27.8 Å². The van der Waals surface area contributed by atoms with Gasteiger partial charge in [-0.15, -0.1) is 5.10 Å². The van der Waals surface area contributed by atoms with Gasteiger partial charge in [0.2, 0.25) is 11.1 Å². The Labute approximate surface area is 127 Å². The van der Waals surface area contributed by atoms with Gasteiger partial charge in [-0.1, -0.05) is 18.7 Å². The quantitative estimate of drug-likeness (QED) is 0.769.